The van der Waals surface area contributed by atoms with Crippen molar-refractivity contribution in [3.05, 3.63) is 43.2 Å². The largest absolute Gasteiger partial charge is 1.00 e. The van der Waals surface area contributed by atoms with Crippen LogP contribution in [0, 0.1) is 11.1 Å². The maximum atomic E-state index is 11.4. The van der Waals surface area contributed by atoms with Crippen molar-refractivity contribution in [1.29, 1.82) is 0 Å². The fourth-order valence-corrected chi connectivity index (χ4v) is 11.4. The number of unbranched alkanes of at least 4 members (excludes halogenated alkanes) is 1. The van der Waals surface area contributed by atoms with Crippen LogP contribution in [0.15, 0.2) is 38.0 Å². The number of aliphatic hydroxyl groups excluding tert-OH is 1. The Morgan fingerprint density at radius 1 is 0.629 bits per heavy atom. The molecular weight excluding hydrogens is 1150 g/mol. The Labute approximate surface area is 537 Å². The third-order valence-electron chi connectivity index (χ3n) is 15.5. The molecule has 14 N–H and O–H groups in total. The van der Waals surface area contributed by atoms with Gasteiger partial charge in [0.25, 0.3) is 0 Å². The van der Waals surface area contributed by atoms with E-state index in [1.807, 2.05) is 76.1 Å². The normalized spacial score (nSPS) is 26.1. The van der Waals surface area contributed by atoms with Gasteiger partial charge in [-0.2, -0.15) is 6.42 Å². The van der Waals surface area contributed by atoms with E-state index in [0.29, 0.717) is 102 Å². The molecule has 89 heavy (non-hydrogen) atoms. The van der Waals surface area contributed by atoms with E-state index in [4.69, 9.17) is 50.4 Å². The van der Waals surface area contributed by atoms with Gasteiger partial charge in [0.05, 0.1) is 37.6 Å². The van der Waals surface area contributed by atoms with Gasteiger partial charge in [0, 0.05) is 39.0 Å². The number of aliphatic hydroxyl groups is 1. The Morgan fingerprint density at radius 2 is 1.00 bits per heavy atom. The van der Waals surface area contributed by atoms with Gasteiger partial charge in [-0.15, -0.1) is 0 Å². The quantitative estimate of drug-likeness (QED) is 0.0128. The number of nitrogens with one attached hydrogen (secondary N) is 1. The summed E-state index contributed by atoms with van der Waals surface area (Å²) in [4.78, 5) is 76.9. The Balaban J connectivity index is 0.000000238. The summed E-state index contributed by atoms with van der Waals surface area (Å²) in [6.07, 6.45) is 10.5. The molecule has 6 aromatic heterocycles. The molecule has 5 fully saturated rings. The van der Waals surface area contributed by atoms with Crippen molar-refractivity contribution in [1.82, 2.24) is 78.6 Å². The van der Waals surface area contributed by atoms with Crippen molar-refractivity contribution in [3.8, 4) is 0 Å². The van der Waals surface area contributed by atoms with Crippen LogP contribution in [0.5, 0.6) is 0 Å². The van der Waals surface area contributed by atoms with Gasteiger partial charge < -0.3 is 102 Å². The molecule has 480 valence electrons. The molecule has 6 aromatic rings. The van der Waals surface area contributed by atoms with Crippen LogP contribution < -0.4 is 65.7 Å². The third kappa shape index (κ3) is 17.1. The SMILES string of the molecule is CC1C(n2cnc3c(N)ncnc32)OC(CN(C)CCCC(=O)[NH2+][O-])[C@H]1O.CN(CCC[C-]=O)CC1OC(n2cnc3c(N)ncnc32)C2OC(C)(C)O[C@H]12.CNC(=O)CCCN(C)CC1OC(n2cnc3c(N)ncnc32)C2OC(C)(C)O[C@H]12.[Li+].[Li+].[OH-].[OH3+]. The van der Waals surface area contributed by atoms with Gasteiger partial charge in [-0.25, -0.2) is 49.7 Å². The first-order chi connectivity index (χ1) is 40.6. The Kier molecular flexibility index (Phi) is 26.8. The molecule has 2 amide bonds. The van der Waals surface area contributed by atoms with E-state index in [0.717, 1.165) is 25.9 Å². The zero-order chi connectivity index (χ0) is 60.9. The number of aromatic nitrogens is 12. The minimum atomic E-state index is -0.711. The van der Waals surface area contributed by atoms with Crippen molar-refractivity contribution in [2.75, 3.05) is 84.7 Å². The average Bonchev–Trinajstić information content (AvgIpc) is 1.73. The number of anilines is 3. The molecule has 36 heteroatoms. The van der Waals surface area contributed by atoms with Gasteiger partial charge >= 0.3 is 43.6 Å². The number of rotatable bonds is 21. The second-order valence-electron chi connectivity index (χ2n) is 22.9. The number of ether oxygens (including phenoxy) is 7. The monoisotopic (exact) mass is 1240 g/mol. The van der Waals surface area contributed by atoms with E-state index in [1.165, 1.54) is 19.0 Å². The summed E-state index contributed by atoms with van der Waals surface area (Å²) in [5, 5.41) is 23.6. The number of hydrogen-bond donors (Lipinski definition) is 6. The molecule has 11 rings (SSSR count). The zero-order valence-electron chi connectivity index (χ0n) is 52.4. The number of hydroxylamine groups is 1. The number of likely N-dealkylation sites (N-methyl/N-ethyl adjacent to an activating group) is 3. The van der Waals surface area contributed by atoms with Crippen LogP contribution in [-0.2, 0) is 53.0 Å². The van der Waals surface area contributed by atoms with E-state index >= 15 is 0 Å². The first-order valence-corrected chi connectivity index (χ1v) is 28.3. The number of fused-ring (bicyclic) bond motifs is 5. The van der Waals surface area contributed by atoms with Crippen LogP contribution in [0.4, 0.5) is 17.5 Å². The summed E-state index contributed by atoms with van der Waals surface area (Å²) in [7, 11) is 7.55. The summed E-state index contributed by atoms with van der Waals surface area (Å²) in [6, 6.07) is 0. The van der Waals surface area contributed by atoms with Crippen LogP contribution in [-0.4, -0.2) is 230 Å². The smallest absolute Gasteiger partial charge is 0.870 e. The zero-order valence-corrected chi connectivity index (χ0v) is 52.4. The molecular formula is C53H83Li2N20O14+. The molecule has 0 radical (unpaired) electrons. The van der Waals surface area contributed by atoms with E-state index in [1.54, 1.807) is 30.6 Å². The summed E-state index contributed by atoms with van der Waals surface area (Å²) in [6.45, 7) is 13.5. The van der Waals surface area contributed by atoms with Crippen molar-refractivity contribution in [2.24, 2.45) is 5.92 Å². The molecule has 0 aromatic carbocycles. The number of amides is 2. The second-order valence-corrected chi connectivity index (χ2v) is 22.9. The fourth-order valence-electron chi connectivity index (χ4n) is 11.4. The minimum Gasteiger partial charge on any atom is -0.870 e. The van der Waals surface area contributed by atoms with Crippen LogP contribution in [0.3, 0.4) is 0 Å². The van der Waals surface area contributed by atoms with E-state index < -0.39 is 48.4 Å². The van der Waals surface area contributed by atoms with E-state index in [2.05, 4.69) is 60.0 Å². The number of carbonyl (C=O) groups is 2. The van der Waals surface area contributed by atoms with Crippen molar-refractivity contribution in [3.63, 3.8) is 0 Å². The second kappa shape index (κ2) is 32.1. The van der Waals surface area contributed by atoms with Gasteiger partial charge in [0.1, 0.15) is 78.4 Å². The van der Waals surface area contributed by atoms with E-state index in [-0.39, 0.29) is 104 Å². The van der Waals surface area contributed by atoms with Crippen molar-refractivity contribution in [2.45, 2.75) is 152 Å². The maximum absolute atomic E-state index is 11.4. The molecule has 5 aliphatic rings. The number of nitrogens with zero attached hydrogens (tertiary/aromatic N) is 15. The fraction of sp³-hybridized carbons (Fsp3) is 0.660. The van der Waals surface area contributed by atoms with Gasteiger partial charge in [-0.1, -0.05) is 13.3 Å². The van der Waals surface area contributed by atoms with Crippen LogP contribution in [0.25, 0.3) is 33.5 Å². The summed E-state index contributed by atoms with van der Waals surface area (Å²) < 4.78 is 48.9. The number of imidazole rings is 3. The summed E-state index contributed by atoms with van der Waals surface area (Å²) in [5.74, 6) is -0.997. The first kappa shape index (κ1) is 74.2. The van der Waals surface area contributed by atoms with Crippen molar-refractivity contribution >= 4 is 69.0 Å². The number of carbonyl (C=O) groups excluding carboxylic acids is 3. The molecule has 0 aliphatic carbocycles. The molecule has 9 unspecified atom stereocenters. The molecule has 0 bridgehead atoms. The summed E-state index contributed by atoms with van der Waals surface area (Å²) in [5.41, 5.74) is 21.3. The standard InChI is InChI=1S/C19H29N7O4.C18H25N6O4.C16H25N7O4.2Li.2H2O/c1-19(2)29-14-11(8-25(4)7-5-6-12(27)21-3)28-18(15(14)30-19)26-10-24-13-16(20)22-9-23-17(13)26;1-18(2)27-13-11(8-23(3)6-4-5-7-25)26-17(14(13)28-18)24-10-22-12-15(19)20-9-21-16(12)24;1-9-13(25)10(6-22(2)5-3-4-11(24)21-26)27-16(9)23-8-20-12-14(17)18-7-19-15(12)23;;;;/h9-11,14-15,18H,5-8H2,1-4H3,(H,21,27)(H2,20,22,23);9-11,13-14,17H,4-6,8H2,1-3H3,(H2,19,20,21);7-10,13,16,25H,3-6,21H2,1-2H3,(H2,17,18,19);;;2*1H2/q;-1;;2*+1;;/t11?,14-,15?,18?;11?,13-,14?,17?;9?,10?,13-,16?;;;;/m110..../s1. The van der Waals surface area contributed by atoms with Gasteiger partial charge in [0.15, 0.2) is 58.4 Å². The molecule has 5 aliphatic heterocycles. The first-order valence-electron chi connectivity index (χ1n) is 28.3. The number of quaternary nitrogens is 1. The molecule has 12 atom stereocenters. The third-order valence-corrected chi connectivity index (χ3v) is 15.5. The van der Waals surface area contributed by atoms with E-state index in [9.17, 15) is 24.7 Å². The van der Waals surface area contributed by atoms with Crippen LogP contribution in [0.1, 0.15) is 91.8 Å². The number of hydrogen-bond acceptors (Lipinski definition) is 28. The van der Waals surface area contributed by atoms with Crippen molar-refractivity contribution < 1.29 is 107 Å². The maximum Gasteiger partial charge on any atom is 1.00 e. The number of nitrogens with two attached hydrogens (primary N) is 4. The number of nitrogen functional groups attached to an aromatic ring is 3. The predicted octanol–water partition coefficient (Wildman–Crippen LogP) is -7.56. The molecule has 5 saturated heterocycles. The van der Waals surface area contributed by atoms with Gasteiger partial charge in [-0.3, -0.25) is 24.8 Å². The molecule has 0 saturated carbocycles. The topological polar surface area (TPSA) is 469 Å². The van der Waals surface area contributed by atoms with Gasteiger partial charge in [-0.05, 0) is 81.3 Å². The predicted molar refractivity (Wildman–Crippen MR) is 311 cm³/mol. The van der Waals surface area contributed by atoms with Gasteiger partial charge in [0.2, 0.25) is 5.91 Å². The average molecular weight is 1240 g/mol. The summed E-state index contributed by atoms with van der Waals surface area (Å²) >= 11 is 0. The Hall–Kier alpha value is -5.55. The molecule has 0 spiro atoms. The Morgan fingerprint density at radius 3 is 1.40 bits per heavy atom. The van der Waals surface area contributed by atoms with Crippen LogP contribution in [0.2, 0.25) is 0 Å². The molecule has 34 nitrogen and oxygen atoms in total. The minimum absolute atomic E-state index is 0. The molecule has 11 heterocycles. The van der Waals surface area contributed by atoms with Crippen LogP contribution >= 0.6 is 0 Å². The number of primary amides is 1. The Bertz CT molecular complexity index is 3260.